The summed E-state index contributed by atoms with van der Waals surface area (Å²) in [4.78, 5) is 0. The normalized spacial score (nSPS) is 10.3. The first-order valence-electron chi connectivity index (χ1n) is 12.3. The van der Waals surface area contributed by atoms with Crippen molar-refractivity contribution in [1.29, 1.82) is 0 Å². The van der Waals surface area contributed by atoms with E-state index in [1.54, 1.807) is 18.6 Å². The molecule has 3 heterocycles. The molecule has 6 nitrogen and oxygen atoms in total. The van der Waals surface area contributed by atoms with Crippen LogP contribution >= 0.6 is 0 Å². The van der Waals surface area contributed by atoms with Crippen LogP contribution in [0.3, 0.4) is 0 Å². The molecule has 3 aromatic heterocycles. The lowest BCUT2D eigenvalue weighted by Crippen LogP contribution is -2.21. The van der Waals surface area contributed by atoms with E-state index in [0.717, 1.165) is 0 Å². The van der Waals surface area contributed by atoms with Gasteiger partial charge in [0.2, 0.25) is 0 Å². The summed E-state index contributed by atoms with van der Waals surface area (Å²) in [5, 5.41) is 17.7. The molecular formula is C27H54N6. The summed E-state index contributed by atoms with van der Waals surface area (Å²) < 4.78 is 1.94. The summed E-state index contributed by atoms with van der Waals surface area (Å²) in [5.74, 6) is 0. The molecule has 0 bridgehead atoms. The van der Waals surface area contributed by atoms with Gasteiger partial charge in [-0.25, -0.2) is 0 Å². The highest BCUT2D eigenvalue weighted by atomic mass is 15.3. The van der Waals surface area contributed by atoms with E-state index in [4.69, 9.17) is 0 Å². The molecule has 0 saturated carbocycles. The highest BCUT2D eigenvalue weighted by molar-refractivity contribution is 5.09. The molecule has 3 rings (SSSR count). The van der Waals surface area contributed by atoms with E-state index in [1.807, 2.05) is 70.6 Å². The van der Waals surface area contributed by atoms with Gasteiger partial charge in [-0.3, -0.25) is 14.9 Å². The molecule has 0 atom stereocenters. The van der Waals surface area contributed by atoms with Gasteiger partial charge in [-0.1, -0.05) is 83.1 Å². The van der Waals surface area contributed by atoms with Gasteiger partial charge < -0.3 is 0 Å². The molecule has 0 aliphatic carbocycles. The quantitative estimate of drug-likeness (QED) is 0.354. The fraction of sp³-hybridized carbons (Fsp3) is 0.667. The second kappa shape index (κ2) is 18.1. The van der Waals surface area contributed by atoms with Crippen molar-refractivity contribution in [3.05, 3.63) is 54.4 Å². The Morgan fingerprint density at radius 1 is 0.606 bits per heavy atom. The number of H-pyrrole nitrogens is 2. The third kappa shape index (κ3) is 16.9. The Bertz CT molecular complexity index is 615. The highest BCUT2D eigenvalue weighted by Crippen LogP contribution is 2.18. The summed E-state index contributed by atoms with van der Waals surface area (Å²) in [5.41, 5.74) is 2.90. The second-order valence-corrected chi connectivity index (χ2v) is 9.56. The monoisotopic (exact) mass is 462 g/mol. The summed E-state index contributed by atoms with van der Waals surface area (Å²) in [6, 6.07) is 5.94. The maximum absolute atomic E-state index is 4.10. The molecule has 0 fully saturated rings. The minimum absolute atomic E-state index is 0.128. The molecular weight excluding hydrogens is 408 g/mol. The molecule has 33 heavy (non-hydrogen) atoms. The van der Waals surface area contributed by atoms with Crippen LogP contribution in [0, 0.1) is 0 Å². The van der Waals surface area contributed by atoms with E-state index < -0.39 is 0 Å². The number of rotatable bonds is 0. The van der Waals surface area contributed by atoms with Crippen molar-refractivity contribution in [2.75, 3.05) is 0 Å². The third-order valence-corrected chi connectivity index (χ3v) is 3.81. The van der Waals surface area contributed by atoms with Gasteiger partial charge in [0.25, 0.3) is 0 Å². The molecule has 0 aromatic carbocycles. The van der Waals surface area contributed by atoms with Crippen LogP contribution in [0.2, 0.25) is 0 Å². The Morgan fingerprint density at radius 3 is 1.09 bits per heavy atom. The predicted octanol–water partition coefficient (Wildman–Crippen LogP) is 8.13. The largest absolute Gasteiger partial charge is 0.282 e. The van der Waals surface area contributed by atoms with Crippen LogP contribution in [0.25, 0.3) is 0 Å². The molecule has 3 aromatic rings. The average molecular weight is 463 g/mol. The lowest BCUT2D eigenvalue weighted by Gasteiger charge is -2.18. The average Bonchev–Trinajstić information content (AvgIpc) is 3.55. The summed E-state index contributed by atoms with van der Waals surface area (Å²) in [6.07, 6.45) is 7.33. The van der Waals surface area contributed by atoms with E-state index in [1.165, 1.54) is 11.4 Å². The molecule has 0 unspecified atom stereocenters. The number of hydrogen-bond acceptors (Lipinski definition) is 3. The number of aromatic nitrogens is 6. The van der Waals surface area contributed by atoms with Crippen LogP contribution in [-0.4, -0.2) is 30.2 Å². The van der Waals surface area contributed by atoms with Gasteiger partial charge in [-0.15, -0.1) is 0 Å². The topological polar surface area (TPSA) is 75.2 Å². The van der Waals surface area contributed by atoms with Gasteiger partial charge >= 0.3 is 0 Å². The maximum atomic E-state index is 4.10. The fourth-order valence-electron chi connectivity index (χ4n) is 2.01. The number of nitrogens with one attached hydrogen (secondary N) is 2. The van der Waals surface area contributed by atoms with Crippen molar-refractivity contribution < 1.29 is 0 Å². The Balaban J connectivity index is -0.000000367. The SMILES string of the molecule is CC.CC.CC.CC(C)(C)c1ccn[nH]1.CC(C)(C)c1ccn[nH]1.CC(C)(C)n1cccn1. The minimum atomic E-state index is 0.128. The standard InChI is InChI=1S/3C7H12N2.3C2H6/c1-7(2,3)9-6-4-5-8-9;2*1-7(2,3)6-4-5-8-9-6;3*1-2/h4-6H,1-3H3;2*4-5H,1-3H3,(H,8,9);3*1-2H3. The van der Waals surface area contributed by atoms with Crippen LogP contribution in [0.1, 0.15) is 115 Å². The molecule has 192 valence electrons. The zero-order valence-electron chi connectivity index (χ0n) is 24.3. The van der Waals surface area contributed by atoms with Gasteiger partial charge in [-0.05, 0) is 39.0 Å². The molecule has 2 N–H and O–H groups in total. The van der Waals surface area contributed by atoms with Crippen LogP contribution in [0.5, 0.6) is 0 Å². The summed E-state index contributed by atoms with van der Waals surface area (Å²) in [7, 11) is 0. The van der Waals surface area contributed by atoms with E-state index in [-0.39, 0.29) is 16.4 Å². The number of hydrogen-bond donors (Lipinski definition) is 2. The van der Waals surface area contributed by atoms with E-state index in [9.17, 15) is 0 Å². The smallest absolute Gasteiger partial charge is 0.0543 e. The second-order valence-electron chi connectivity index (χ2n) is 9.56. The minimum Gasteiger partial charge on any atom is -0.282 e. The molecule has 0 radical (unpaired) electrons. The van der Waals surface area contributed by atoms with Gasteiger partial charge in [-0.2, -0.15) is 15.3 Å². The Labute approximate surface area is 205 Å². The maximum Gasteiger partial charge on any atom is 0.0543 e. The van der Waals surface area contributed by atoms with Crippen molar-refractivity contribution in [1.82, 2.24) is 30.2 Å². The molecule has 0 saturated heterocycles. The predicted molar refractivity (Wildman–Crippen MR) is 146 cm³/mol. The Hall–Kier alpha value is -2.37. The van der Waals surface area contributed by atoms with Crippen molar-refractivity contribution >= 4 is 0 Å². The van der Waals surface area contributed by atoms with Crippen molar-refractivity contribution in [2.45, 2.75) is 120 Å². The van der Waals surface area contributed by atoms with Crippen LogP contribution in [0.15, 0.2) is 43.0 Å². The lowest BCUT2D eigenvalue weighted by molar-refractivity contribution is 0.355. The first kappa shape index (κ1) is 35.2. The zero-order valence-corrected chi connectivity index (χ0v) is 24.3. The van der Waals surface area contributed by atoms with Gasteiger partial charge in [0.15, 0.2) is 0 Å². The van der Waals surface area contributed by atoms with Gasteiger partial charge in [0.1, 0.15) is 0 Å². The molecule has 0 aliphatic heterocycles. The van der Waals surface area contributed by atoms with E-state index in [0.29, 0.717) is 0 Å². The first-order chi connectivity index (χ1) is 15.3. The summed E-state index contributed by atoms with van der Waals surface area (Å²) >= 11 is 0. The molecule has 0 aliphatic rings. The highest BCUT2D eigenvalue weighted by Gasteiger charge is 2.14. The number of nitrogens with zero attached hydrogens (tertiary/aromatic N) is 4. The summed E-state index contributed by atoms with van der Waals surface area (Å²) in [6.45, 7) is 31.3. The van der Waals surface area contributed by atoms with E-state index in [2.05, 4.69) is 87.8 Å². The third-order valence-electron chi connectivity index (χ3n) is 3.81. The Kier molecular flexibility index (Phi) is 19.3. The zero-order chi connectivity index (χ0) is 26.7. The van der Waals surface area contributed by atoms with Crippen LogP contribution in [-0.2, 0) is 16.4 Å². The molecule has 0 amide bonds. The van der Waals surface area contributed by atoms with Crippen LogP contribution < -0.4 is 0 Å². The molecule has 0 spiro atoms. The molecule has 6 heteroatoms. The van der Waals surface area contributed by atoms with Crippen molar-refractivity contribution in [3.63, 3.8) is 0 Å². The lowest BCUT2D eigenvalue weighted by atomic mass is 9.93. The number of aromatic amines is 2. The Morgan fingerprint density at radius 2 is 0.970 bits per heavy atom. The van der Waals surface area contributed by atoms with Crippen LogP contribution in [0.4, 0.5) is 0 Å². The van der Waals surface area contributed by atoms with Crippen molar-refractivity contribution in [3.8, 4) is 0 Å². The van der Waals surface area contributed by atoms with Crippen molar-refractivity contribution in [2.24, 2.45) is 0 Å². The fourth-order valence-corrected chi connectivity index (χ4v) is 2.01. The first-order valence-corrected chi connectivity index (χ1v) is 12.3. The van der Waals surface area contributed by atoms with Gasteiger partial charge in [0.05, 0.1) is 5.54 Å². The van der Waals surface area contributed by atoms with Gasteiger partial charge in [0, 0.05) is 47.0 Å². The van der Waals surface area contributed by atoms with E-state index >= 15 is 0 Å².